The fraction of sp³-hybridized carbons (Fsp3) is 0.222. The number of halogens is 1. The van der Waals surface area contributed by atoms with Crippen LogP contribution >= 0.6 is 23.4 Å². The molecular weight excluding hydrogens is 208 g/mol. The molecule has 0 saturated carbocycles. The van der Waals surface area contributed by atoms with Crippen LogP contribution in [-0.2, 0) is 10.5 Å². The molecule has 0 atom stereocenters. The van der Waals surface area contributed by atoms with Gasteiger partial charge in [-0.15, -0.1) is 0 Å². The van der Waals surface area contributed by atoms with Gasteiger partial charge in [-0.05, 0) is 29.5 Å². The SMILES string of the molecule is COC(=O)SCc1ccc(Cl)cc1. The topological polar surface area (TPSA) is 26.3 Å². The van der Waals surface area contributed by atoms with Crippen molar-refractivity contribution >= 4 is 28.7 Å². The summed E-state index contributed by atoms with van der Waals surface area (Å²) >= 11 is 6.83. The highest BCUT2D eigenvalue weighted by atomic mass is 35.5. The molecule has 0 amide bonds. The molecule has 0 saturated heterocycles. The van der Waals surface area contributed by atoms with E-state index in [4.69, 9.17) is 11.6 Å². The van der Waals surface area contributed by atoms with Crippen molar-refractivity contribution in [3.05, 3.63) is 34.9 Å². The van der Waals surface area contributed by atoms with Crippen molar-refractivity contribution in [3.8, 4) is 0 Å². The van der Waals surface area contributed by atoms with Gasteiger partial charge < -0.3 is 4.74 Å². The van der Waals surface area contributed by atoms with Gasteiger partial charge >= 0.3 is 5.30 Å². The summed E-state index contributed by atoms with van der Waals surface area (Å²) in [7, 11) is 1.37. The molecule has 1 rings (SSSR count). The van der Waals surface area contributed by atoms with Gasteiger partial charge in [0.1, 0.15) is 0 Å². The predicted molar refractivity (Wildman–Crippen MR) is 55.2 cm³/mol. The van der Waals surface area contributed by atoms with Crippen molar-refractivity contribution in [2.45, 2.75) is 5.75 Å². The van der Waals surface area contributed by atoms with Gasteiger partial charge in [0.15, 0.2) is 0 Å². The highest BCUT2D eigenvalue weighted by molar-refractivity contribution is 8.12. The van der Waals surface area contributed by atoms with Gasteiger partial charge in [0.25, 0.3) is 0 Å². The maximum absolute atomic E-state index is 10.8. The first-order chi connectivity index (χ1) is 6.22. The predicted octanol–water partition coefficient (Wildman–Crippen LogP) is 3.34. The molecular formula is C9H9ClO2S. The van der Waals surface area contributed by atoms with Crippen molar-refractivity contribution in [2.24, 2.45) is 0 Å². The summed E-state index contributed by atoms with van der Waals surface area (Å²) in [5.74, 6) is 0.615. The molecule has 0 radical (unpaired) electrons. The summed E-state index contributed by atoms with van der Waals surface area (Å²) in [4.78, 5) is 10.8. The lowest BCUT2D eigenvalue weighted by Crippen LogP contribution is -1.91. The number of carbonyl (C=O) groups excluding carboxylic acids is 1. The van der Waals surface area contributed by atoms with Gasteiger partial charge in [-0.1, -0.05) is 23.7 Å². The zero-order valence-corrected chi connectivity index (χ0v) is 8.69. The zero-order chi connectivity index (χ0) is 9.68. The summed E-state index contributed by atoms with van der Waals surface area (Å²) in [6.45, 7) is 0. The maximum atomic E-state index is 10.8. The molecule has 13 heavy (non-hydrogen) atoms. The Balaban J connectivity index is 2.46. The van der Waals surface area contributed by atoms with E-state index in [9.17, 15) is 4.79 Å². The third kappa shape index (κ3) is 3.70. The highest BCUT2D eigenvalue weighted by Crippen LogP contribution is 2.16. The minimum absolute atomic E-state index is 0.269. The number of hydrogen-bond donors (Lipinski definition) is 0. The van der Waals surface area contributed by atoms with Gasteiger partial charge in [0.2, 0.25) is 0 Å². The van der Waals surface area contributed by atoms with Crippen LogP contribution in [0.4, 0.5) is 4.79 Å². The minimum atomic E-state index is -0.269. The number of benzene rings is 1. The summed E-state index contributed by atoms with van der Waals surface area (Å²) in [5.41, 5.74) is 1.06. The molecule has 0 spiro atoms. The molecule has 1 aromatic rings. The summed E-state index contributed by atoms with van der Waals surface area (Å²) in [5, 5.41) is 0.432. The Labute approximate surface area is 86.2 Å². The first-order valence-electron chi connectivity index (χ1n) is 3.67. The molecule has 1 aromatic carbocycles. The van der Waals surface area contributed by atoms with Crippen molar-refractivity contribution in [1.29, 1.82) is 0 Å². The lowest BCUT2D eigenvalue weighted by molar-refractivity contribution is 0.200. The van der Waals surface area contributed by atoms with Crippen LogP contribution in [0.25, 0.3) is 0 Å². The molecule has 0 unspecified atom stereocenters. The van der Waals surface area contributed by atoms with E-state index in [0.29, 0.717) is 10.8 Å². The van der Waals surface area contributed by atoms with E-state index in [1.54, 1.807) is 12.1 Å². The molecule has 0 aliphatic rings. The Morgan fingerprint density at radius 1 is 1.46 bits per heavy atom. The van der Waals surface area contributed by atoms with Crippen LogP contribution < -0.4 is 0 Å². The van der Waals surface area contributed by atoms with Gasteiger partial charge in [-0.25, -0.2) is 4.79 Å². The zero-order valence-electron chi connectivity index (χ0n) is 7.12. The molecule has 0 N–H and O–H groups in total. The standard InChI is InChI=1S/C9H9ClO2S/c1-12-9(11)13-6-7-2-4-8(10)5-3-7/h2-5H,6H2,1H3. The van der Waals surface area contributed by atoms with Crippen LogP contribution in [0.3, 0.4) is 0 Å². The smallest absolute Gasteiger partial charge is 0.367 e. The molecule has 0 bridgehead atoms. The Bertz CT molecular complexity index is 284. The lowest BCUT2D eigenvalue weighted by atomic mass is 10.2. The van der Waals surface area contributed by atoms with E-state index in [-0.39, 0.29) is 5.30 Å². The van der Waals surface area contributed by atoms with E-state index >= 15 is 0 Å². The molecule has 2 nitrogen and oxygen atoms in total. The van der Waals surface area contributed by atoms with Crippen LogP contribution in [0.5, 0.6) is 0 Å². The average Bonchev–Trinajstić information content (AvgIpc) is 2.16. The number of rotatable bonds is 2. The Morgan fingerprint density at radius 3 is 2.62 bits per heavy atom. The van der Waals surface area contributed by atoms with Crippen LogP contribution in [0, 0.1) is 0 Å². The molecule has 4 heteroatoms. The normalized spacial score (nSPS) is 9.69. The van der Waals surface area contributed by atoms with E-state index < -0.39 is 0 Å². The largest absolute Gasteiger partial charge is 0.461 e. The fourth-order valence-corrected chi connectivity index (χ4v) is 1.50. The third-order valence-electron chi connectivity index (χ3n) is 1.44. The van der Waals surface area contributed by atoms with Gasteiger partial charge in [-0.2, -0.15) is 0 Å². The highest BCUT2D eigenvalue weighted by Gasteiger charge is 2.01. The second kappa shape index (κ2) is 5.14. The van der Waals surface area contributed by atoms with Gasteiger partial charge in [0, 0.05) is 10.8 Å². The van der Waals surface area contributed by atoms with Crippen molar-refractivity contribution in [2.75, 3.05) is 7.11 Å². The fourth-order valence-electron chi connectivity index (χ4n) is 0.782. The van der Waals surface area contributed by atoms with E-state index in [1.165, 1.54) is 7.11 Å². The van der Waals surface area contributed by atoms with Crippen LogP contribution in [-0.4, -0.2) is 12.4 Å². The lowest BCUT2D eigenvalue weighted by Gasteiger charge is -1.99. The van der Waals surface area contributed by atoms with Crippen molar-refractivity contribution in [1.82, 2.24) is 0 Å². The van der Waals surface area contributed by atoms with Gasteiger partial charge in [-0.3, -0.25) is 0 Å². The van der Waals surface area contributed by atoms with E-state index in [0.717, 1.165) is 17.3 Å². The number of hydrogen-bond acceptors (Lipinski definition) is 3. The summed E-state index contributed by atoms with van der Waals surface area (Å²) < 4.78 is 4.49. The Kier molecular flexibility index (Phi) is 4.12. The van der Waals surface area contributed by atoms with Gasteiger partial charge in [0.05, 0.1) is 7.11 Å². The Morgan fingerprint density at radius 2 is 2.08 bits per heavy atom. The van der Waals surface area contributed by atoms with Crippen molar-refractivity contribution < 1.29 is 9.53 Å². The molecule has 0 aliphatic carbocycles. The van der Waals surface area contributed by atoms with E-state index in [1.807, 2.05) is 12.1 Å². The summed E-state index contributed by atoms with van der Waals surface area (Å²) in [6.07, 6.45) is 0. The first kappa shape index (κ1) is 10.4. The second-order valence-electron chi connectivity index (χ2n) is 2.37. The molecule has 70 valence electrons. The maximum Gasteiger partial charge on any atom is 0.367 e. The minimum Gasteiger partial charge on any atom is -0.461 e. The average molecular weight is 217 g/mol. The first-order valence-corrected chi connectivity index (χ1v) is 5.04. The molecule has 0 aliphatic heterocycles. The monoisotopic (exact) mass is 216 g/mol. The van der Waals surface area contributed by atoms with E-state index in [2.05, 4.69) is 4.74 Å². The summed E-state index contributed by atoms with van der Waals surface area (Å²) in [6, 6.07) is 7.38. The van der Waals surface area contributed by atoms with Crippen LogP contribution in [0.2, 0.25) is 5.02 Å². The van der Waals surface area contributed by atoms with Crippen molar-refractivity contribution in [3.63, 3.8) is 0 Å². The second-order valence-corrected chi connectivity index (χ2v) is 3.72. The number of carbonyl (C=O) groups is 1. The Hall–Kier alpha value is -0.670. The number of thioether (sulfide) groups is 1. The quantitative estimate of drug-likeness (QED) is 0.710. The number of ether oxygens (including phenoxy) is 1. The molecule has 0 fully saturated rings. The van der Waals surface area contributed by atoms with Crippen LogP contribution in [0.15, 0.2) is 24.3 Å². The van der Waals surface area contributed by atoms with Crippen LogP contribution in [0.1, 0.15) is 5.56 Å². The molecule has 0 heterocycles. The number of methoxy groups -OCH3 is 1. The molecule has 0 aromatic heterocycles. The third-order valence-corrected chi connectivity index (χ3v) is 2.57.